The van der Waals surface area contributed by atoms with Crippen LogP contribution in [0, 0.1) is 0 Å². The molecular weight excluding hydrogens is 801 g/mol. The standard InChI is InChI=1S/C30H60N2O3.C18H38O.C3H6O.C2H7N.CH3NO/c1-3-5-6-7-11-16-22-29(4-2)35-30(34)23-17-12-10-14-19-26-32(27-21-24-31)25-18-13-8-9-15-20-28-33;1-4-6-8-10-12-14-16-18(19-3)17-15-13-11-9-7-5-2;1-2-3-4;1-3-2;2-1-3/h28-29H,3-27,31H2,1-2H3;18H,4-17H2,1-3H3;3H,2H2,1H3;3H,1-2H3;1H,(H2,2,3). The fourth-order valence-electron chi connectivity index (χ4n) is 7.31. The number of esters is 1. The summed E-state index contributed by atoms with van der Waals surface area (Å²) >= 11 is 0. The first-order valence-corrected chi connectivity index (χ1v) is 27.0. The van der Waals surface area contributed by atoms with Crippen LogP contribution in [0.25, 0.3) is 0 Å². The predicted octanol–water partition coefficient (Wildman–Crippen LogP) is 13.6. The molecule has 1 amide bonds. The van der Waals surface area contributed by atoms with E-state index in [4.69, 9.17) is 20.0 Å². The van der Waals surface area contributed by atoms with Crippen molar-refractivity contribution in [2.75, 3.05) is 47.4 Å². The van der Waals surface area contributed by atoms with Crippen LogP contribution in [0.15, 0.2) is 0 Å². The molecule has 386 valence electrons. The monoisotopic (exact) mass is 915 g/mol. The van der Waals surface area contributed by atoms with Crippen LogP contribution in [0.3, 0.4) is 0 Å². The SMILES string of the molecule is CCC=O.CCCCCCCCC(CC)OC(=O)CCCCCCCN(CCCN)CCCCCCCC=O.CCCCCCCCC(CCCCCCCC)OC.CNC.NC=O. The predicted molar refractivity (Wildman–Crippen MR) is 278 cm³/mol. The van der Waals surface area contributed by atoms with E-state index in [0.717, 1.165) is 77.3 Å². The van der Waals surface area contributed by atoms with Gasteiger partial charge < -0.3 is 40.7 Å². The van der Waals surface area contributed by atoms with Crippen LogP contribution in [0.4, 0.5) is 0 Å². The summed E-state index contributed by atoms with van der Waals surface area (Å²) in [7, 11) is 5.64. The maximum Gasteiger partial charge on any atom is 0.306 e. The number of hydrogen-bond acceptors (Lipinski definition) is 9. The minimum Gasteiger partial charge on any atom is -0.462 e. The van der Waals surface area contributed by atoms with Crippen molar-refractivity contribution in [2.45, 2.75) is 278 Å². The number of methoxy groups -OCH3 is 1. The molecular formula is C54H114N4O6. The Bertz CT molecular complexity index is 837. The Balaban J connectivity index is -0.000000332. The Kier molecular flexibility index (Phi) is 78.0. The molecule has 0 saturated carbocycles. The third-order valence-corrected chi connectivity index (χ3v) is 11.2. The van der Waals surface area contributed by atoms with Gasteiger partial charge >= 0.3 is 5.97 Å². The van der Waals surface area contributed by atoms with E-state index in [2.05, 4.69) is 43.6 Å². The van der Waals surface area contributed by atoms with Gasteiger partial charge in [0.15, 0.2) is 0 Å². The van der Waals surface area contributed by atoms with Crippen LogP contribution in [0.2, 0.25) is 0 Å². The summed E-state index contributed by atoms with van der Waals surface area (Å²) < 4.78 is 11.3. The molecule has 0 saturated heterocycles. The van der Waals surface area contributed by atoms with E-state index in [1.54, 1.807) is 0 Å². The molecule has 0 aromatic heterocycles. The summed E-state index contributed by atoms with van der Waals surface area (Å²) in [6.45, 7) is 14.9. The van der Waals surface area contributed by atoms with E-state index in [9.17, 15) is 14.4 Å². The summed E-state index contributed by atoms with van der Waals surface area (Å²) in [5, 5.41) is 2.75. The molecule has 0 heterocycles. The fraction of sp³-hybridized carbons (Fsp3) is 0.926. The van der Waals surface area contributed by atoms with Gasteiger partial charge in [-0.05, 0) is 104 Å². The molecule has 0 aromatic rings. The highest BCUT2D eigenvalue weighted by Gasteiger charge is 2.12. The van der Waals surface area contributed by atoms with Gasteiger partial charge in [0.2, 0.25) is 6.41 Å². The molecule has 0 bridgehead atoms. The average molecular weight is 916 g/mol. The number of nitrogens with zero attached hydrogens (tertiary/aromatic N) is 1. The second-order valence-electron chi connectivity index (χ2n) is 17.5. The Morgan fingerprint density at radius 3 is 1.23 bits per heavy atom. The van der Waals surface area contributed by atoms with Crippen molar-refractivity contribution in [1.29, 1.82) is 0 Å². The zero-order valence-corrected chi connectivity index (χ0v) is 44.2. The summed E-state index contributed by atoms with van der Waals surface area (Å²) in [6, 6.07) is 0. The zero-order valence-electron chi connectivity index (χ0n) is 44.2. The van der Waals surface area contributed by atoms with E-state index in [0.29, 0.717) is 25.4 Å². The number of rotatable bonds is 44. The quantitative estimate of drug-likeness (QED) is 0.0308. The number of hydrogen-bond donors (Lipinski definition) is 3. The van der Waals surface area contributed by atoms with Crippen molar-refractivity contribution in [3.05, 3.63) is 0 Å². The smallest absolute Gasteiger partial charge is 0.306 e. The molecule has 0 aliphatic heterocycles. The highest BCUT2D eigenvalue weighted by atomic mass is 16.5. The number of unbranched alkanes of at least 4 members (excludes halogenated alkanes) is 24. The average Bonchev–Trinajstić information content (AvgIpc) is 3.30. The summed E-state index contributed by atoms with van der Waals surface area (Å²) in [5.74, 6) is 0.00181. The van der Waals surface area contributed by atoms with Gasteiger partial charge in [-0.15, -0.1) is 0 Å². The van der Waals surface area contributed by atoms with Crippen LogP contribution in [0.1, 0.15) is 266 Å². The zero-order chi connectivity index (χ0) is 48.8. The number of nitrogens with one attached hydrogen (secondary N) is 1. The molecule has 1 atom stereocenters. The number of nitrogens with two attached hydrogens (primary N) is 2. The molecule has 0 spiro atoms. The lowest BCUT2D eigenvalue weighted by molar-refractivity contribution is -0.149. The van der Waals surface area contributed by atoms with E-state index in [1.807, 2.05) is 28.1 Å². The van der Waals surface area contributed by atoms with Crippen LogP contribution >= 0.6 is 0 Å². The van der Waals surface area contributed by atoms with Gasteiger partial charge in [-0.1, -0.05) is 182 Å². The van der Waals surface area contributed by atoms with Crippen LogP contribution < -0.4 is 16.8 Å². The second-order valence-corrected chi connectivity index (χ2v) is 17.5. The van der Waals surface area contributed by atoms with Crippen molar-refractivity contribution in [2.24, 2.45) is 11.5 Å². The number of carbonyl (C=O) groups is 4. The molecule has 0 aliphatic rings. The van der Waals surface area contributed by atoms with Crippen molar-refractivity contribution >= 4 is 25.0 Å². The largest absolute Gasteiger partial charge is 0.462 e. The summed E-state index contributed by atoms with van der Waals surface area (Å²) in [5.41, 5.74) is 9.89. The number of aldehydes is 2. The fourth-order valence-corrected chi connectivity index (χ4v) is 7.31. The Hall–Kier alpha value is -1.88. The number of amides is 1. The van der Waals surface area contributed by atoms with E-state index in [1.165, 1.54) is 173 Å². The molecule has 0 aliphatic carbocycles. The third-order valence-electron chi connectivity index (χ3n) is 11.2. The van der Waals surface area contributed by atoms with E-state index < -0.39 is 0 Å². The maximum absolute atomic E-state index is 12.2. The van der Waals surface area contributed by atoms with Crippen molar-refractivity contribution in [3.63, 3.8) is 0 Å². The van der Waals surface area contributed by atoms with Crippen LogP contribution in [-0.2, 0) is 28.7 Å². The Labute approximate surface area is 399 Å². The minimum absolute atomic E-state index is 0.00181. The van der Waals surface area contributed by atoms with Crippen molar-refractivity contribution in [3.8, 4) is 0 Å². The number of ether oxygens (including phenoxy) is 2. The van der Waals surface area contributed by atoms with E-state index in [-0.39, 0.29) is 18.5 Å². The molecule has 0 aromatic carbocycles. The van der Waals surface area contributed by atoms with Crippen LogP contribution in [-0.4, -0.2) is 89.4 Å². The molecule has 64 heavy (non-hydrogen) atoms. The van der Waals surface area contributed by atoms with Gasteiger partial charge in [0.1, 0.15) is 18.7 Å². The van der Waals surface area contributed by atoms with Gasteiger partial charge in [-0.3, -0.25) is 9.59 Å². The van der Waals surface area contributed by atoms with Gasteiger partial charge in [0.05, 0.1) is 6.10 Å². The van der Waals surface area contributed by atoms with Crippen molar-refractivity contribution < 1.29 is 28.7 Å². The van der Waals surface area contributed by atoms with E-state index >= 15 is 0 Å². The topological polar surface area (TPSA) is 154 Å². The lowest BCUT2D eigenvalue weighted by Gasteiger charge is -2.22. The number of primary amides is 1. The maximum atomic E-state index is 12.2. The molecule has 0 rings (SSSR count). The highest BCUT2D eigenvalue weighted by molar-refractivity contribution is 5.69. The van der Waals surface area contributed by atoms with Gasteiger partial charge in [0, 0.05) is 26.4 Å². The first-order valence-electron chi connectivity index (χ1n) is 27.0. The highest BCUT2D eigenvalue weighted by Crippen LogP contribution is 2.17. The first-order chi connectivity index (χ1) is 31.3. The molecule has 5 N–H and O–H groups in total. The second kappa shape index (κ2) is 70.1. The lowest BCUT2D eigenvalue weighted by Crippen LogP contribution is -2.28. The van der Waals surface area contributed by atoms with Crippen molar-refractivity contribution in [1.82, 2.24) is 10.2 Å². The van der Waals surface area contributed by atoms with Gasteiger partial charge in [0.25, 0.3) is 0 Å². The first kappa shape index (κ1) is 71.1. The van der Waals surface area contributed by atoms with Gasteiger partial charge in [-0.2, -0.15) is 0 Å². The normalized spacial score (nSPS) is 10.9. The Morgan fingerprint density at radius 1 is 0.531 bits per heavy atom. The third kappa shape index (κ3) is 71.7. The molecule has 10 nitrogen and oxygen atoms in total. The lowest BCUT2D eigenvalue weighted by atomic mass is 10.0. The van der Waals surface area contributed by atoms with Crippen LogP contribution in [0.5, 0.6) is 0 Å². The molecule has 0 fully saturated rings. The molecule has 0 radical (unpaired) electrons. The minimum atomic E-state index is 0.00181. The Morgan fingerprint density at radius 2 is 0.875 bits per heavy atom. The number of carbonyl (C=O) groups excluding carboxylic acids is 4. The molecule has 1 unspecified atom stereocenters. The molecule has 10 heteroatoms. The van der Waals surface area contributed by atoms with Gasteiger partial charge in [-0.25, -0.2) is 0 Å². The summed E-state index contributed by atoms with van der Waals surface area (Å²) in [6.07, 6.45) is 46.4. The summed E-state index contributed by atoms with van der Waals surface area (Å²) in [4.78, 5) is 42.9.